The van der Waals surface area contributed by atoms with Crippen molar-refractivity contribution < 1.29 is 4.74 Å². The standard InChI is InChI=1S/C17H25NO/c1-3-5-8-12-19-16-13-14-9-6-7-10-15(14)17(16)18-11-4-2/h4,6-7,9-10,16-18H,2-3,5,8,11-13H2,1H3. The molecule has 0 radical (unpaired) electrons. The normalized spacial score (nSPS) is 21.3. The number of unbranched alkanes of at least 4 members (excludes halogenated alkanes) is 2. The Labute approximate surface area is 116 Å². The fourth-order valence-corrected chi connectivity index (χ4v) is 2.75. The predicted octanol–water partition coefficient (Wildman–Crippen LogP) is 3.63. The molecule has 104 valence electrons. The third-order valence-electron chi connectivity index (χ3n) is 3.74. The van der Waals surface area contributed by atoms with Crippen LogP contribution >= 0.6 is 0 Å². The molecule has 0 saturated carbocycles. The zero-order chi connectivity index (χ0) is 13.5. The number of benzene rings is 1. The summed E-state index contributed by atoms with van der Waals surface area (Å²) in [7, 11) is 0. The van der Waals surface area contributed by atoms with Gasteiger partial charge in [-0.15, -0.1) is 6.58 Å². The summed E-state index contributed by atoms with van der Waals surface area (Å²) in [4.78, 5) is 0. The van der Waals surface area contributed by atoms with Crippen molar-refractivity contribution in [1.29, 1.82) is 0 Å². The summed E-state index contributed by atoms with van der Waals surface area (Å²) in [5.41, 5.74) is 2.81. The zero-order valence-corrected chi connectivity index (χ0v) is 11.9. The maximum atomic E-state index is 6.10. The van der Waals surface area contributed by atoms with Gasteiger partial charge in [-0.05, 0) is 17.5 Å². The highest BCUT2D eigenvalue weighted by Gasteiger charge is 2.32. The first-order chi connectivity index (χ1) is 9.36. The summed E-state index contributed by atoms with van der Waals surface area (Å²) < 4.78 is 6.10. The monoisotopic (exact) mass is 259 g/mol. The molecule has 1 aromatic rings. The van der Waals surface area contributed by atoms with Gasteiger partial charge in [-0.1, -0.05) is 50.1 Å². The van der Waals surface area contributed by atoms with Gasteiger partial charge in [0.05, 0.1) is 12.1 Å². The maximum Gasteiger partial charge on any atom is 0.0810 e. The molecule has 0 fully saturated rings. The van der Waals surface area contributed by atoms with E-state index in [4.69, 9.17) is 4.74 Å². The molecule has 2 unspecified atom stereocenters. The Kier molecular flexibility index (Phi) is 5.62. The maximum absolute atomic E-state index is 6.10. The van der Waals surface area contributed by atoms with Crippen molar-refractivity contribution in [2.45, 2.75) is 44.8 Å². The molecule has 0 aliphatic heterocycles. The molecular weight excluding hydrogens is 234 g/mol. The lowest BCUT2D eigenvalue weighted by atomic mass is 10.1. The first kappa shape index (κ1) is 14.3. The third-order valence-corrected chi connectivity index (χ3v) is 3.74. The van der Waals surface area contributed by atoms with E-state index in [9.17, 15) is 0 Å². The van der Waals surface area contributed by atoms with Crippen LogP contribution < -0.4 is 5.32 Å². The van der Waals surface area contributed by atoms with Crippen LogP contribution in [0.4, 0.5) is 0 Å². The zero-order valence-electron chi connectivity index (χ0n) is 11.9. The number of nitrogens with one attached hydrogen (secondary N) is 1. The summed E-state index contributed by atoms with van der Waals surface area (Å²) in [5.74, 6) is 0. The second-order valence-corrected chi connectivity index (χ2v) is 5.19. The summed E-state index contributed by atoms with van der Waals surface area (Å²) >= 11 is 0. The van der Waals surface area contributed by atoms with Crippen LogP contribution in [0.5, 0.6) is 0 Å². The summed E-state index contributed by atoms with van der Waals surface area (Å²) in [6.07, 6.45) is 6.87. The molecular formula is C17H25NO. The summed E-state index contributed by atoms with van der Waals surface area (Å²) in [5, 5.41) is 3.54. The molecule has 0 saturated heterocycles. The highest BCUT2D eigenvalue weighted by Crippen LogP contribution is 2.33. The Bertz CT molecular complexity index is 402. The smallest absolute Gasteiger partial charge is 0.0810 e. The summed E-state index contributed by atoms with van der Waals surface area (Å²) in [6.45, 7) is 7.71. The number of fused-ring (bicyclic) bond motifs is 1. The number of rotatable bonds is 8. The van der Waals surface area contributed by atoms with Crippen LogP contribution in [-0.4, -0.2) is 19.3 Å². The van der Waals surface area contributed by atoms with Crippen molar-refractivity contribution in [3.63, 3.8) is 0 Å². The molecule has 0 heterocycles. The fourth-order valence-electron chi connectivity index (χ4n) is 2.75. The van der Waals surface area contributed by atoms with E-state index in [-0.39, 0.29) is 6.10 Å². The van der Waals surface area contributed by atoms with Crippen LogP contribution in [-0.2, 0) is 11.2 Å². The minimum absolute atomic E-state index is 0.272. The fraction of sp³-hybridized carbons (Fsp3) is 0.529. The van der Waals surface area contributed by atoms with Gasteiger partial charge in [0.2, 0.25) is 0 Å². The van der Waals surface area contributed by atoms with Gasteiger partial charge in [0.25, 0.3) is 0 Å². The van der Waals surface area contributed by atoms with Crippen LogP contribution in [0.2, 0.25) is 0 Å². The first-order valence-corrected chi connectivity index (χ1v) is 7.40. The van der Waals surface area contributed by atoms with Gasteiger partial charge in [-0.3, -0.25) is 0 Å². The van der Waals surface area contributed by atoms with E-state index < -0.39 is 0 Å². The van der Waals surface area contributed by atoms with Crippen molar-refractivity contribution in [2.24, 2.45) is 0 Å². The Morgan fingerprint density at radius 2 is 2.21 bits per heavy atom. The van der Waals surface area contributed by atoms with E-state index in [1.807, 2.05) is 6.08 Å². The number of hydrogen-bond donors (Lipinski definition) is 1. The lowest BCUT2D eigenvalue weighted by molar-refractivity contribution is 0.0334. The Morgan fingerprint density at radius 3 is 3.00 bits per heavy atom. The average Bonchev–Trinajstić information content (AvgIpc) is 2.79. The van der Waals surface area contributed by atoms with E-state index in [1.165, 1.54) is 24.0 Å². The van der Waals surface area contributed by atoms with Crippen molar-refractivity contribution in [3.05, 3.63) is 48.0 Å². The molecule has 0 spiro atoms. The highest BCUT2D eigenvalue weighted by molar-refractivity contribution is 5.36. The third kappa shape index (κ3) is 3.68. The van der Waals surface area contributed by atoms with Gasteiger partial charge in [-0.2, -0.15) is 0 Å². The minimum Gasteiger partial charge on any atom is -0.376 e. The van der Waals surface area contributed by atoms with Crippen molar-refractivity contribution in [1.82, 2.24) is 5.32 Å². The first-order valence-electron chi connectivity index (χ1n) is 7.40. The number of ether oxygens (including phenoxy) is 1. The van der Waals surface area contributed by atoms with Crippen molar-refractivity contribution >= 4 is 0 Å². The molecule has 19 heavy (non-hydrogen) atoms. The summed E-state index contributed by atoms with van der Waals surface area (Å²) in [6, 6.07) is 8.97. The van der Waals surface area contributed by atoms with Crippen molar-refractivity contribution in [2.75, 3.05) is 13.2 Å². The van der Waals surface area contributed by atoms with Gasteiger partial charge in [0.1, 0.15) is 0 Å². The predicted molar refractivity (Wildman–Crippen MR) is 80.4 cm³/mol. The van der Waals surface area contributed by atoms with Gasteiger partial charge in [0.15, 0.2) is 0 Å². The van der Waals surface area contributed by atoms with Gasteiger partial charge < -0.3 is 10.1 Å². The van der Waals surface area contributed by atoms with Crippen LogP contribution in [0.1, 0.15) is 43.4 Å². The molecule has 1 aliphatic carbocycles. The van der Waals surface area contributed by atoms with Crippen LogP contribution in [0, 0.1) is 0 Å². The number of hydrogen-bond acceptors (Lipinski definition) is 2. The average molecular weight is 259 g/mol. The Morgan fingerprint density at radius 1 is 1.37 bits per heavy atom. The Balaban J connectivity index is 1.97. The molecule has 0 bridgehead atoms. The lowest BCUT2D eigenvalue weighted by Crippen LogP contribution is -2.31. The molecule has 2 nitrogen and oxygen atoms in total. The van der Waals surface area contributed by atoms with Gasteiger partial charge >= 0.3 is 0 Å². The molecule has 1 N–H and O–H groups in total. The largest absolute Gasteiger partial charge is 0.376 e. The van der Waals surface area contributed by atoms with E-state index in [0.29, 0.717) is 6.04 Å². The molecule has 0 amide bonds. The molecule has 0 aromatic heterocycles. The SMILES string of the molecule is C=CCNC1c2ccccc2CC1OCCCCC. The van der Waals surface area contributed by atoms with E-state index in [1.54, 1.807) is 0 Å². The molecule has 2 heteroatoms. The quantitative estimate of drug-likeness (QED) is 0.568. The second kappa shape index (κ2) is 7.46. The van der Waals surface area contributed by atoms with Crippen LogP contribution in [0.25, 0.3) is 0 Å². The van der Waals surface area contributed by atoms with Crippen molar-refractivity contribution in [3.8, 4) is 0 Å². The van der Waals surface area contributed by atoms with Crippen LogP contribution in [0.3, 0.4) is 0 Å². The van der Waals surface area contributed by atoms with Gasteiger partial charge in [0, 0.05) is 19.6 Å². The highest BCUT2D eigenvalue weighted by atomic mass is 16.5. The molecule has 1 aliphatic rings. The molecule has 1 aromatic carbocycles. The van der Waals surface area contributed by atoms with Crippen LogP contribution in [0.15, 0.2) is 36.9 Å². The minimum atomic E-state index is 0.272. The molecule has 2 atom stereocenters. The van der Waals surface area contributed by atoms with E-state index in [0.717, 1.165) is 26.0 Å². The van der Waals surface area contributed by atoms with E-state index in [2.05, 4.69) is 43.1 Å². The second-order valence-electron chi connectivity index (χ2n) is 5.19. The molecule has 2 rings (SSSR count). The van der Waals surface area contributed by atoms with Gasteiger partial charge in [-0.25, -0.2) is 0 Å². The van der Waals surface area contributed by atoms with E-state index >= 15 is 0 Å². The topological polar surface area (TPSA) is 21.3 Å². The Hall–Kier alpha value is -1.12. The lowest BCUT2D eigenvalue weighted by Gasteiger charge is -2.22.